The van der Waals surface area contributed by atoms with Crippen molar-refractivity contribution in [1.82, 2.24) is 0 Å². The number of benzene rings is 1. The lowest BCUT2D eigenvalue weighted by Gasteiger charge is -2.10. The highest BCUT2D eigenvalue weighted by molar-refractivity contribution is 6.18. The fourth-order valence-corrected chi connectivity index (χ4v) is 1.56. The van der Waals surface area contributed by atoms with E-state index in [1.54, 1.807) is 0 Å². The molecule has 0 aliphatic heterocycles. The van der Waals surface area contributed by atoms with Crippen LogP contribution in [0.1, 0.15) is 12.5 Å². The van der Waals surface area contributed by atoms with E-state index in [9.17, 15) is 5.11 Å². The Morgan fingerprint density at radius 1 is 1.19 bits per heavy atom. The van der Waals surface area contributed by atoms with Crippen LogP contribution in [0.3, 0.4) is 0 Å². The van der Waals surface area contributed by atoms with Gasteiger partial charge in [-0.05, 0) is 24.6 Å². The van der Waals surface area contributed by atoms with Crippen molar-refractivity contribution in [3.63, 3.8) is 0 Å². The second kappa shape index (κ2) is 11.6. The molecule has 0 saturated heterocycles. The molecule has 1 unspecified atom stereocenters. The predicted octanol–water partition coefficient (Wildman–Crippen LogP) is 2.77. The zero-order valence-electron chi connectivity index (χ0n) is 12.3. The number of hydrogen-bond acceptors (Lipinski definition) is 4. The van der Waals surface area contributed by atoms with E-state index in [0.717, 1.165) is 5.56 Å². The number of halogens is 1. The maximum Gasteiger partial charge on any atom is 0.119 e. The van der Waals surface area contributed by atoms with Crippen LogP contribution in [-0.2, 0) is 16.1 Å². The third kappa shape index (κ3) is 8.73. The van der Waals surface area contributed by atoms with E-state index in [-0.39, 0.29) is 12.5 Å². The molecule has 5 heteroatoms. The van der Waals surface area contributed by atoms with E-state index in [2.05, 4.69) is 0 Å². The van der Waals surface area contributed by atoms with Gasteiger partial charge in [-0.3, -0.25) is 0 Å². The summed E-state index contributed by atoms with van der Waals surface area (Å²) < 4.78 is 16.2. The highest BCUT2D eigenvalue weighted by Crippen LogP contribution is 2.13. The van der Waals surface area contributed by atoms with Crippen LogP contribution in [0.15, 0.2) is 36.4 Å². The first-order valence-electron chi connectivity index (χ1n) is 6.98. The van der Waals surface area contributed by atoms with Gasteiger partial charge in [-0.25, -0.2) is 0 Å². The molecule has 21 heavy (non-hydrogen) atoms. The summed E-state index contributed by atoms with van der Waals surface area (Å²) in [5.74, 6) is 0.875. The van der Waals surface area contributed by atoms with Crippen molar-refractivity contribution in [3.8, 4) is 5.75 Å². The topological polar surface area (TPSA) is 47.9 Å². The average Bonchev–Trinajstić information content (AvgIpc) is 2.52. The smallest absolute Gasteiger partial charge is 0.119 e. The third-order valence-corrected chi connectivity index (χ3v) is 2.99. The molecule has 0 amide bonds. The molecule has 0 spiro atoms. The predicted molar refractivity (Wildman–Crippen MR) is 84.0 cm³/mol. The number of allylic oxidation sites excluding steroid dienone is 1. The molecule has 118 valence electrons. The Hall–Kier alpha value is -1.07. The Kier molecular flexibility index (Phi) is 9.91. The van der Waals surface area contributed by atoms with Crippen LogP contribution >= 0.6 is 11.6 Å². The van der Waals surface area contributed by atoms with E-state index in [1.165, 1.54) is 0 Å². The minimum absolute atomic E-state index is 0.169. The highest BCUT2D eigenvalue weighted by atomic mass is 35.5. The van der Waals surface area contributed by atoms with Gasteiger partial charge in [0.1, 0.15) is 18.5 Å². The summed E-state index contributed by atoms with van der Waals surface area (Å²) in [7, 11) is 0. The van der Waals surface area contributed by atoms with E-state index in [4.69, 9.17) is 25.8 Å². The first kappa shape index (κ1) is 18.0. The molecule has 1 rings (SSSR count). The summed E-state index contributed by atoms with van der Waals surface area (Å²) in [6, 6.07) is 7.57. The Morgan fingerprint density at radius 2 is 1.90 bits per heavy atom. The highest BCUT2D eigenvalue weighted by Gasteiger charge is 2.03. The molecule has 0 radical (unpaired) electrons. The monoisotopic (exact) mass is 314 g/mol. The Balaban J connectivity index is 2.16. The van der Waals surface area contributed by atoms with Crippen LogP contribution in [0, 0.1) is 0 Å². The minimum atomic E-state index is -0.641. The van der Waals surface area contributed by atoms with Gasteiger partial charge in [0.2, 0.25) is 0 Å². The molecule has 0 saturated carbocycles. The van der Waals surface area contributed by atoms with Gasteiger partial charge in [0.15, 0.2) is 0 Å². The van der Waals surface area contributed by atoms with E-state index in [1.807, 2.05) is 43.3 Å². The molecule has 1 N–H and O–H groups in total. The van der Waals surface area contributed by atoms with Crippen molar-refractivity contribution >= 4 is 11.6 Å². The number of rotatable bonds is 11. The molecule has 1 atom stereocenters. The Bertz CT molecular complexity index is 392. The van der Waals surface area contributed by atoms with Gasteiger partial charge in [-0.15, -0.1) is 11.6 Å². The van der Waals surface area contributed by atoms with Crippen molar-refractivity contribution in [2.45, 2.75) is 19.6 Å². The normalized spacial score (nSPS) is 12.7. The molecule has 0 bridgehead atoms. The van der Waals surface area contributed by atoms with Crippen LogP contribution in [0.25, 0.3) is 0 Å². The van der Waals surface area contributed by atoms with Gasteiger partial charge in [0, 0.05) is 0 Å². The van der Waals surface area contributed by atoms with Crippen LogP contribution in [-0.4, -0.2) is 43.5 Å². The largest absolute Gasteiger partial charge is 0.491 e. The first-order chi connectivity index (χ1) is 10.3. The minimum Gasteiger partial charge on any atom is -0.491 e. The number of aliphatic hydroxyl groups is 1. The third-order valence-electron chi connectivity index (χ3n) is 2.63. The van der Waals surface area contributed by atoms with Crippen molar-refractivity contribution in [2.24, 2.45) is 0 Å². The van der Waals surface area contributed by atoms with E-state index in [0.29, 0.717) is 32.2 Å². The quantitative estimate of drug-likeness (QED) is 0.387. The maximum absolute atomic E-state index is 9.30. The summed E-state index contributed by atoms with van der Waals surface area (Å²) in [6.45, 7) is 4.48. The van der Waals surface area contributed by atoms with E-state index >= 15 is 0 Å². The van der Waals surface area contributed by atoms with Crippen LogP contribution in [0.2, 0.25) is 0 Å². The van der Waals surface area contributed by atoms with Gasteiger partial charge >= 0.3 is 0 Å². The summed E-state index contributed by atoms with van der Waals surface area (Å²) >= 11 is 5.49. The van der Waals surface area contributed by atoms with Gasteiger partial charge in [-0.1, -0.05) is 24.3 Å². The molecule has 1 aromatic carbocycles. The van der Waals surface area contributed by atoms with E-state index < -0.39 is 6.10 Å². The van der Waals surface area contributed by atoms with Crippen LogP contribution in [0.4, 0.5) is 0 Å². The fourth-order valence-electron chi connectivity index (χ4n) is 1.47. The number of ether oxygens (including phenoxy) is 3. The SMILES string of the molecule is CC=CCOCCOCc1ccc(OCC(O)CCl)cc1. The molecule has 4 nitrogen and oxygen atoms in total. The molecule has 0 aliphatic rings. The lowest BCUT2D eigenvalue weighted by atomic mass is 10.2. The van der Waals surface area contributed by atoms with Gasteiger partial charge in [-0.2, -0.15) is 0 Å². The van der Waals surface area contributed by atoms with Crippen molar-refractivity contribution in [3.05, 3.63) is 42.0 Å². The molecule has 1 aromatic rings. The van der Waals surface area contributed by atoms with Crippen LogP contribution in [0.5, 0.6) is 5.75 Å². The lowest BCUT2D eigenvalue weighted by molar-refractivity contribution is 0.0503. The zero-order valence-corrected chi connectivity index (χ0v) is 13.1. The second-order valence-corrected chi connectivity index (χ2v) is 4.77. The molecular formula is C16H23ClO4. The van der Waals surface area contributed by atoms with Gasteiger partial charge < -0.3 is 19.3 Å². The van der Waals surface area contributed by atoms with Crippen molar-refractivity contribution < 1.29 is 19.3 Å². The first-order valence-corrected chi connectivity index (χ1v) is 7.52. The maximum atomic E-state index is 9.30. The Labute approximate surface area is 131 Å². The standard InChI is InChI=1S/C16H23ClO4/c1-2-3-8-19-9-10-20-12-14-4-6-16(7-5-14)21-13-15(18)11-17/h2-7,15,18H,8-13H2,1H3. The summed E-state index contributed by atoms with van der Waals surface area (Å²) in [6.07, 6.45) is 3.27. The Morgan fingerprint density at radius 3 is 2.57 bits per heavy atom. The summed E-state index contributed by atoms with van der Waals surface area (Å²) in [5.41, 5.74) is 1.06. The molecule has 0 heterocycles. The summed E-state index contributed by atoms with van der Waals surface area (Å²) in [5, 5.41) is 9.30. The molecule has 0 aromatic heterocycles. The molecular weight excluding hydrogens is 292 g/mol. The average molecular weight is 315 g/mol. The molecule has 0 fully saturated rings. The number of hydrogen-bond donors (Lipinski definition) is 1. The van der Waals surface area contributed by atoms with Crippen molar-refractivity contribution in [1.29, 1.82) is 0 Å². The molecule has 0 aliphatic carbocycles. The lowest BCUT2D eigenvalue weighted by Crippen LogP contribution is -2.18. The second-order valence-electron chi connectivity index (χ2n) is 4.46. The summed E-state index contributed by atoms with van der Waals surface area (Å²) in [4.78, 5) is 0. The number of aliphatic hydroxyl groups excluding tert-OH is 1. The van der Waals surface area contributed by atoms with Crippen molar-refractivity contribution in [2.75, 3.05) is 32.3 Å². The van der Waals surface area contributed by atoms with Gasteiger partial charge in [0.25, 0.3) is 0 Å². The zero-order chi connectivity index (χ0) is 15.3. The number of alkyl halides is 1. The fraction of sp³-hybridized carbons (Fsp3) is 0.500. The van der Waals surface area contributed by atoms with Crippen LogP contribution < -0.4 is 4.74 Å². The van der Waals surface area contributed by atoms with Gasteiger partial charge in [0.05, 0.1) is 32.3 Å².